The van der Waals surface area contributed by atoms with E-state index in [0.717, 1.165) is 0 Å². The molecular formula is C17H10ClF3N2O2. The SMILES string of the molecule is O=C(Nc1oc(-c2cccc(Cl)c2)nc1-c1ccccc1)C(F)(F)F. The Labute approximate surface area is 145 Å². The van der Waals surface area contributed by atoms with Crippen molar-refractivity contribution in [3.8, 4) is 22.7 Å². The first-order valence-electron chi connectivity index (χ1n) is 7.05. The third-order valence-electron chi connectivity index (χ3n) is 3.23. The lowest BCUT2D eigenvalue weighted by atomic mass is 10.1. The monoisotopic (exact) mass is 366 g/mol. The summed E-state index contributed by atoms with van der Waals surface area (Å²) in [5, 5.41) is 2.14. The van der Waals surface area contributed by atoms with E-state index in [-0.39, 0.29) is 17.5 Å². The molecule has 25 heavy (non-hydrogen) atoms. The Kier molecular flexibility index (Phi) is 4.50. The number of halogens is 4. The lowest BCUT2D eigenvalue weighted by Gasteiger charge is -2.06. The summed E-state index contributed by atoms with van der Waals surface area (Å²) in [5.41, 5.74) is 1.06. The van der Waals surface area contributed by atoms with Crippen molar-refractivity contribution in [3.05, 3.63) is 59.6 Å². The van der Waals surface area contributed by atoms with Crippen LogP contribution in [0.15, 0.2) is 59.0 Å². The standard InChI is InChI=1S/C17H10ClF3N2O2/c18-12-8-4-7-11(9-12)14-22-13(10-5-2-1-3-6-10)15(25-14)23-16(24)17(19,20)21/h1-9H,(H,23,24). The molecule has 0 unspecified atom stereocenters. The predicted octanol–water partition coefficient (Wildman–Crippen LogP) is 5.16. The number of alkyl halides is 3. The highest BCUT2D eigenvalue weighted by Gasteiger charge is 2.40. The fourth-order valence-corrected chi connectivity index (χ4v) is 2.31. The predicted molar refractivity (Wildman–Crippen MR) is 87.1 cm³/mol. The summed E-state index contributed by atoms with van der Waals surface area (Å²) >= 11 is 5.91. The van der Waals surface area contributed by atoms with Crippen molar-refractivity contribution in [1.29, 1.82) is 0 Å². The van der Waals surface area contributed by atoms with Gasteiger partial charge in [0.2, 0.25) is 11.8 Å². The van der Waals surface area contributed by atoms with Crippen LogP contribution in [-0.2, 0) is 4.79 Å². The second kappa shape index (κ2) is 6.60. The largest absolute Gasteiger partial charge is 0.471 e. The van der Waals surface area contributed by atoms with Crippen LogP contribution in [0.2, 0.25) is 5.02 Å². The maximum absolute atomic E-state index is 12.6. The van der Waals surface area contributed by atoms with Gasteiger partial charge in [-0.15, -0.1) is 0 Å². The maximum atomic E-state index is 12.6. The number of anilines is 1. The number of oxazole rings is 1. The lowest BCUT2D eigenvalue weighted by molar-refractivity contribution is -0.167. The summed E-state index contributed by atoms with van der Waals surface area (Å²) in [7, 11) is 0. The van der Waals surface area contributed by atoms with Crippen LogP contribution < -0.4 is 5.32 Å². The molecule has 0 saturated carbocycles. The molecule has 0 fully saturated rings. The van der Waals surface area contributed by atoms with Crippen molar-refractivity contribution in [2.75, 3.05) is 5.32 Å². The minimum atomic E-state index is -5.04. The first-order chi connectivity index (χ1) is 11.8. The van der Waals surface area contributed by atoms with Gasteiger partial charge in [0.1, 0.15) is 5.69 Å². The zero-order valence-corrected chi connectivity index (χ0v) is 13.2. The molecule has 128 valence electrons. The molecule has 0 aliphatic heterocycles. The molecule has 0 saturated heterocycles. The first kappa shape index (κ1) is 17.0. The topological polar surface area (TPSA) is 55.1 Å². The van der Waals surface area contributed by atoms with Gasteiger partial charge in [0.15, 0.2) is 0 Å². The van der Waals surface area contributed by atoms with Crippen molar-refractivity contribution in [2.45, 2.75) is 6.18 Å². The smallest absolute Gasteiger partial charge is 0.420 e. The number of aromatic nitrogens is 1. The van der Waals surface area contributed by atoms with Crippen molar-refractivity contribution >= 4 is 23.4 Å². The molecule has 0 spiro atoms. The molecule has 1 N–H and O–H groups in total. The summed E-state index contributed by atoms with van der Waals surface area (Å²) in [6.45, 7) is 0. The fraction of sp³-hybridized carbons (Fsp3) is 0.0588. The van der Waals surface area contributed by atoms with Gasteiger partial charge >= 0.3 is 12.1 Å². The van der Waals surface area contributed by atoms with E-state index in [9.17, 15) is 18.0 Å². The third-order valence-corrected chi connectivity index (χ3v) is 3.47. The molecule has 3 aromatic rings. The van der Waals surface area contributed by atoms with E-state index in [1.165, 1.54) is 0 Å². The molecule has 4 nitrogen and oxygen atoms in total. The van der Waals surface area contributed by atoms with E-state index in [4.69, 9.17) is 16.0 Å². The number of hydrogen-bond donors (Lipinski definition) is 1. The maximum Gasteiger partial charge on any atom is 0.471 e. The van der Waals surface area contributed by atoms with Gasteiger partial charge in [0.05, 0.1) is 0 Å². The summed E-state index contributed by atoms with van der Waals surface area (Å²) in [6, 6.07) is 14.9. The number of nitrogens with zero attached hydrogens (tertiary/aromatic N) is 1. The highest BCUT2D eigenvalue weighted by Crippen LogP contribution is 2.34. The van der Waals surface area contributed by atoms with Crippen LogP contribution in [0, 0.1) is 0 Å². The van der Waals surface area contributed by atoms with Crippen LogP contribution in [0.25, 0.3) is 22.7 Å². The van der Waals surface area contributed by atoms with Crippen LogP contribution in [0.4, 0.5) is 19.1 Å². The molecule has 0 bridgehead atoms. The minimum absolute atomic E-state index is 0.0406. The van der Waals surface area contributed by atoms with Crippen molar-refractivity contribution in [2.24, 2.45) is 0 Å². The zero-order valence-electron chi connectivity index (χ0n) is 12.5. The normalized spacial score (nSPS) is 11.4. The van der Waals surface area contributed by atoms with Crippen LogP contribution in [0.1, 0.15) is 0 Å². The highest BCUT2D eigenvalue weighted by molar-refractivity contribution is 6.30. The fourth-order valence-electron chi connectivity index (χ4n) is 2.12. The van der Waals surface area contributed by atoms with E-state index < -0.39 is 12.1 Å². The molecule has 0 atom stereocenters. The third kappa shape index (κ3) is 3.83. The number of carbonyl (C=O) groups is 1. The Morgan fingerprint density at radius 1 is 1.04 bits per heavy atom. The molecule has 0 radical (unpaired) electrons. The summed E-state index contributed by atoms with van der Waals surface area (Å²) in [5.74, 6) is -2.49. The Morgan fingerprint density at radius 3 is 2.36 bits per heavy atom. The molecular weight excluding hydrogens is 357 g/mol. The molecule has 0 aliphatic rings. The Balaban J connectivity index is 2.07. The number of nitrogens with one attached hydrogen (secondary N) is 1. The molecule has 1 aromatic heterocycles. The van der Waals surface area contributed by atoms with Crippen molar-refractivity contribution in [1.82, 2.24) is 4.98 Å². The average Bonchev–Trinajstić information content (AvgIpc) is 2.99. The van der Waals surface area contributed by atoms with E-state index in [0.29, 0.717) is 16.1 Å². The van der Waals surface area contributed by atoms with E-state index in [1.54, 1.807) is 59.9 Å². The molecule has 8 heteroatoms. The van der Waals surface area contributed by atoms with Crippen molar-refractivity contribution in [3.63, 3.8) is 0 Å². The Bertz CT molecular complexity index is 908. The van der Waals surface area contributed by atoms with Gasteiger partial charge in [-0.1, -0.05) is 48.0 Å². The second-order valence-electron chi connectivity index (χ2n) is 5.03. The highest BCUT2D eigenvalue weighted by atomic mass is 35.5. The number of carbonyl (C=O) groups excluding carboxylic acids is 1. The molecule has 0 aliphatic carbocycles. The van der Waals surface area contributed by atoms with Crippen LogP contribution in [-0.4, -0.2) is 17.1 Å². The number of benzene rings is 2. The quantitative estimate of drug-likeness (QED) is 0.696. The van der Waals surface area contributed by atoms with Gasteiger partial charge in [-0.2, -0.15) is 13.2 Å². The van der Waals surface area contributed by atoms with Crippen molar-refractivity contribution < 1.29 is 22.4 Å². The van der Waals surface area contributed by atoms with Gasteiger partial charge in [-0.3, -0.25) is 10.1 Å². The zero-order chi connectivity index (χ0) is 18.0. The summed E-state index contributed by atoms with van der Waals surface area (Å²) in [4.78, 5) is 15.5. The summed E-state index contributed by atoms with van der Waals surface area (Å²) < 4.78 is 43.1. The molecule has 1 heterocycles. The van der Waals surface area contributed by atoms with E-state index >= 15 is 0 Å². The number of amides is 1. The Hall–Kier alpha value is -2.80. The minimum Gasteiger partial charge on any atom is -0.420 e. The van der Waals surface area contributed by atoms with Gasteiger partial charge in [0, 0.05) is 16.1 Å². The number of hydrogen-bond acceptors (Lipinski definition) is 3. The molecule has 3 rings (SSSR count). The van der Waals surface area contributed by atoms with Gasteiger partial charge in [0.25, 0.3) is 0 Å². The molecule has 2 aromatic carbocycles. The van der Waals surface area contributed by atoms with Crippen LogP contribution in [0.3, 0.4) is 0 Å². The average molecular weight is 367 g/mol. The lowest BCUT2D eigenvalue weighted by Crippen LogP contribution is -2.29. The number of rotatable bonds is 3. The van der Waals surface area contributed by atoms with E-state index in [2.05, 4.69) is 4.98 Å². The first-order valence-corrected chi connectivity index (χ1v) is 7.43. The van der Waals surface area contributed by atoms with Gasteiger partial charge < -0.3 is 4.42 Å². The second-order valence-corrected chi connectivity index (χ2v) is 5.46. The summed E-state index contributed by atoms with van der Waals surface area (Å²) in [6.07, 6.45) is -5.04. The van der Waals surface area contributed by atoms with Crippen LogP contribution >= 0.6 is 11.6 Å². The molecule has 1 amide bonds. The Morgan fingerprint density at radius 2 is 1.72 bits per heavy atom. The van der Waals surface area contributed by atoms with Gasteiger partial charge in [-0.05, 0) is 18.2 Å². The van der Waals surface area contributed by atoms with E-state index in [1.807, 2.05) is 0 Å². The van der Waals surface area contributed by atoms with Gasteiger partial charge in [-0.25, -0.2) is 4.98 Å². The van der Waals surface area contributed by atoms with Crippen LogP contribution in [0.5, 0.6) is 0 Å².